The summed E-state index contributed by atoms with van der Waals surface area (Å²) in [6.45, 7) is 4.54. The summed E-state index contributed by atoms with van der Waals surface area (Å²) in [5, 5.41) is 14.6. The summed E-state index contributed by atoms with van der Waals surface area (Å²) in [5.74, 6) is 0.824. The molecule has 4 fully saturated rings. The Morgan fingerprint density at radius 3 is 2.71 bits per heavy atom. The van der Waals surface area contributed by atoms with Gasteiger partial charge in [0.1, 0.15) is 5.82 Å². The molecule has 49 heavy (non-hydrogen) atoms. The van der Waals surface area contributed by atoms with E-state index in [4.69, 9.17) is 0 Å². The van der Waals surface area contributed by atoms with Crippen molar-refractivity contribution in [3.63, 3.8) is 0 Å². The molecule has 3 aliphatic heterocycles. The Morgan fingerprint density at radius 2 is 1.96 bits per heavy atom. The number of carbonyl (C=O) groups excluding carboxylic acids is 2. The van der Waals surface area contributed by atoms with Gasteiger partial charge in [-0.1, -0.05) is 24.3 Å². The zero-order valence-electron chi connectivity index (χ0n) is 27.3. The van der Waals surface area contributed by atoms with E-state index in [1.54, 1.807) is 24.0 Å². The van der Waals surface area contributed by atoms with Crippen LogP contribution >= 0.6 is 11.3 Å². The van der Waals surface area contributed by atoms with Gasteiger partial charge in [0.2, 0.25) is 0 Å². The maximum Gasteiger partial charge on any atom is 0.255 e. The number of thiazole rings is 1. The van der Waals surface area contributed by atoms with Crippen LogP contribution in [0.15, 0.2) is 54.3 Å². The fourth-order valence-corrected chi connectivity index (χ4v) is 11.2. The molecule has 6 aliphatic rings. The predicted octanol–water partition coefficient (Wildman–Crippen LogP) is 5.41. The van der Waals surface area contributed by atoms with E-state index in [0.717, 1.165) is 68.4 Å². The predicted molar refractivity (Wildman–Crippen MR) is 182 cm³/mol. The van der Waals surface area contributed by atoms with Gasteiger partial charge in [-0.05, 0) is 104 Å². The first-order valence-electron chi connectivity index (χ1n) is 17.7. The maximum atomic E-state index is 15.9. The molecule has 3 saturated carbocycles. The number of piperidine rings is 1. The van der Waals surface area contributed by atoms with Crippen LogP contribution in [0.5, 0.6) is 0 Å². The topological polar surface area (TPSA) is 104 Å². The Balaban J connectivity index is 0.881. The number of likely N-dealkylation sites (tertiary alicyclic amines) is 1. The monoisotopic (exact) mass is 678 g/mol. The Bertz CT molecular complexity index is 1990. The SMILES string of the molecule is O=C(Nc1nccs1)C(c1ncn2c1CCC2)N1Cc2c(F)cc(-c3ccc(C45CC6(CN7CCC(CO)CC7)CC4C65)cc3)cc2C1=O. The van der Waals surface area contributed by atoms with Crippen molar-refractivity contribution < 1.29 is 19.1 Å². The molecule has 10 rings (SSSR count). The van der Waals surface area contributed by atoms with E-state index < -0.39 is 17.8 Å². The molecular formula is C38H39FN6O3S. The van der Waals surface area contributed by atoms with E-state index >= 15 is 4.39 Å². The van der Waals surface area contributed by atoms with Crippen LogP contribution in [0, 0.1) is 29.0 Å². The average molecular weight is 679 g/mol. The van der Waals surface area contributed by atoms with E-state index in [-0.39, 0.29) is 12.5 Å². The van der Waals surface area contributed by atoms with Gasteiger partial charge in [0.05, 0.1) is 18.6 Å². The largest absolute Gasteiger partial charge is 0.396 e. The number of aryl methyl sites for hydroxylation is 1. The third-order valence-electron chi connectivity index (χ3n) is 13.0. The normalized spacial score (nSPS) is 28.8. The number of halogens is 1. The first-order valence-corrected chi connectivity index (χ1v) is 18.6. The van der Waals surface area contributed by atoms with Gasteiger partial charge in [0, 0.05) is 53.5 Å². The first kappa shape index (κ1) is 29.9. The molecule has 2 N–H and O–H groups in total. The number of aliphatic hydroxyl groups excluding tert-OH is 1. The number of imidazole rings is 1. The van der Waals surface area contributed by atoms with Crippen molar-refractivity contribution in [2.75, 3.05) is 31.6 Å². The minimum Gasteiger partial charge on any atom is -0.396 e. The van der Waals surface area contributed by atoms with E-state index in [9.17, 15) is 14.7 Å². The molecule has 11 heteroatoms. The number of anilines is 1. The second kappa shape index (κ2) is 10.8. The third kappa shape index (κ3) is 4.34. The number of amides is 2. The Labute approximate surface area is 288 Å². The molecule has 2 aromatic carbocycles. The highest BCUT2D eigenvalue weighted by atomic mass is 32.1. The van der Waals surface area contributed by atoms with Gasteiger partial charge < -0.3 is 19.5 Å². The van der Waals surface area contributed by atoms with Crippen molar-refractivity contribution in [2.45, 2.75) is 63.1 Å². The second-order valence-electron chi connectivity index (χ2n) is 15.4. The number of carbonyl (C=O) groups is 2. The molecule has 4 aromatic rings. The van der Waals surface area contributed by atoms with Crippen molar-refractivity contribution in [1.82, 2.24) is 24.3 Å². The average Bonchev–Trinajstić information content (AvgIpc) is 3.86. The summed E-state index contributed by atoms with van der Waals surface area (Å²) < 4.78 is 17.9. The van der Waals surface area contributed by atoms with Crippen molar-refractivity contribution in [3.8, 4) is 11.1 Å². The molecule has 5 unspecified atom stereocenters. The zero-order valence-corrected chi connectivity index (χ0v) is 28.1. The third-order valence-corrected chi connectivity index (χ3v) is 13.7. The lowest BCUT2D eigenvalue weighted by Crippen LogP contribution is -2.51. The van der Waals surface area contributed by atoms with Crippen LogP contribution in [0.2, 0.25) is 0 Å². The smallest absolute Gasteiger partial charge is 0.255 e. The number of hydrogen-bond donors (Lipinski definition) is 2. The summed E-state index contributed by atoms with van der Waals surface area (Å²) in [6, 6.07) is 10.9. The molecule has 3 aliphatic carbocycles. The van der Waals surface area contributed by atoms with Crippen molar-refractivity contribution in [3.05, 3.63) is 88.2 Å². The van der Waals surface area contributed by atoms with Crippen LogP contribution in [-0.2, 0) is 29.7 Å². The number of nitrogens with one attached hydrogen (secondary N) is 1. The standard InChI is InChI=1S/C38H39FN6O3S/c39-29-15-24(23-3-5-25(6-4-23)38-19-37(16-28(38)33(37)38)20-43-11-7-22(18-46)8-12-43)14-26-27(29)17-45(35(26)48)32(34(47)42-36-40-9-13-49-36)31-30-2-1-10-44(30)21-41-31/h3-6,9,13-15,21-22,28,32-33,46H,1-2,7-8,10-12,16-20H2,(H,40,42,47). The summed E-state index contributed by atoms with van der Waals surface area (Å²) >= 11 is 1.30. The lowest BCUT2D eigenvalue weighted by atomic mass is 9.57. The highest BCUT2D eigenvalue weighted by Gasteiger charge is 2.89. The Morgan fingerprint density at radius 1 is 1.12 bits per heavy atom. The van der Waals surface area contributed by atoms with Gasteiger partial charge in [-0.25, -0.2) is 14.4 Å². The van der Waals surface area contributed by atoms with E-state index in [1.165, 1.54) is 47.3 Å². The molecule has 2 amide bonds. The van der Waals surface area contributed by atoms with Crippen LogP contribution in [0.4, 0.5) is 9.52 Å². The molecule has 5 atom stereocenters. The van der Waals surface area contributed by atoms with Crippen LogP contribution in [0.3, 0.4) is 0 Å². The molecule has 1 saturated heterocycles. The minimum atomic E-state index is -1.00. The lowest BCUT2D eigenvalue weighted by Gasteiger charge is -2.51. The molecule has 9 nitrogen and oxygen atoms in total. The summed E-state index contributed by atoms with van der Waals surface area (Å²) in [4.78, 5) is 40.8. The second-order valence-corrected chi connectivity index (χ2v) is 16.3. The van der Waals surface area contributed by atoms with Gasteiger partial charge in [-0.15, -0.1) is 11.3 Å². The van der Waals surface area contributed by atoms with Crippen LogP contribution in [-0.4, -0.2) is 67.5 Å². The Kier molecular flexibility index (Phi) is 6.59. The minimum absolute atomic E-state index is 0.00599. The molecule has 0 radical (unpaired) electrons. The Hall–Kier alpha value is -3.93. The van der Waals surface area contributed by atoms with Crippen molar-refractivity contribution >= 4 is 28.3 Å². The van der Waals surface area contributed by atoms with E-state index in [0.29, 0.717) is 50.9 Å². The lowest BCUT2D eigenvalue weighted by molar-refractivity contribution is -0.121. The van der Waals surface area contributed by atoms with Gasteiger partial charge in [-0.2, -0.15) is 0 Å². The number of aromatic nitrogens is 3. The molecular weight excluding hydrogens is 640 g/mol. The molecule has 252 valence electrons. The van der Waals surface area contributed by atoms with Crippen LogP contribution < -0.4 is 5.32 Å². The summed E-state index contributed by atoms with van der Waals surface area (Å²) in [5.41, 5.74) is 5.81. The molecule has 0 spiro atoms. The quantitative estimate of drug-likeness (QED) is 0.246. The van der Waals surface area contributed by atoms with Gasteiger partial charge in [0.25, 0.3) is 11.8 Å². The number of fused-ring (bicyclic) bond motifs is 3. The van der Waals surface area contributed by atoms with E-state index in [2.05, 4.69) is 44.5 Å². The maximum absolute atomic E-state index is 15.9. The highest BCUT2D eigenvalue weighted by molar-refractivity contribution is 7.13. The van der Waals surface area contributed by atoms with Crippen LogP contribution in [0.1, 0.15) is 71.0 Å². The fourth-order valence-electron chi connectivity index (χ4n) is 10.7. The summed E-state index contributed by atoms with van der Waals surface area (Å²) in [7, 11) is 0. The number of rotatable bonds is 9. The first-order chi connectivity index (χ1) is 23.9. The van der Waals surface area contributed by atoms with Crippen LogP contribution in [0.25, 0.3) is 11.1 Å². The molecule has 5 heterocycles. The highest BCUT2D eigenvalue weighted by Crippen LogP contribution is 2.92. The molecule has 0 bridgehead atoms. The van der Waals surface area contributed by atoms with Gasteiger partial charge in [-0.3, -0.25) is 14.9 Å². The number of hydrogen-bond acceptors (Lipinski definition) is 7. The van der Waals surface area contributed by atoms with Crippen molar-refractivity contribution in [2.24, 2.45) is 23.2 Å². The fraction of sp³-hybridized carbons (Fsp3) is 0.474. The summed E-state index contributed by atoms with van der Waals surface area (Å²) in [6.07, 6.45) is 9.85. The van der Waals surface area contributed by atoms with Crippen molar-refractivity contribution in [1.29, 1.82) is 0 Å². The molecule has 2 aromatic heterocycles. The number of benzene rings is 2. The zero-order chi connectivity index (χ0) is 33.1. The van der Waals surface area contributed by atoms with Gasteiger partial charge >= 0.3 is 0 Å². The number of nitrogens with zero attached hydrogens (tertiary/aromatic N) is 5. The number of aliphatic hydroxyl groups is 1. The van der Waals surface area contributed by atoms with Gasteiger partial charge in [0.15, 0.2) is 11.2 Å². The van der Waals surface area contributed by atoms with E-state index in [1.807, 2.05) is 4.57 Å².